The standard InChI is InChI=1S/C14H14F5NO2/c15-13(16,14(17,18)19)10-1-3-11(4-2-10)20-7-5-12(6-8-20)22-9-21/h1-4,9,12H,5-8H2. The number of benzene rings is 1. The molecule has 0 aromatic heterocycles. The fraction of sp³-hybridized carbons (Fsp3) is 0.500. The van der Waals surface area contributed by atoms with E-state index in [1.54, 1.807) is 0 Å². The van der Waals surface area contributed by atoms with Gasteiger partial charge in [0.05, 0.1) is 0 Å². The quantitative estimate of drug-likeness (QED) is 0.627. The van der Waals surface area contributed by atoms with E-state index in [-0.39, 0.29) is 6.10 Å². The number of carbonyl (C=O) groups excluding carboxylic acids is 1. The Morgan fingerprint density at radius 2 is 1.59 bits per heavy atom. The molecule has 1 aliphatic heterocycles. The summed E-state index contributed by atoms with van der Waals surface area (Å²) in [5, 5.41) is 0. The van der Waals surface area contributed by atoms with Crippen LogP contribution in [0, 0.1) is 0 Å². The fourth-order valence-electron chi connectivity index (χ4n) is 2.37. The first-order valence-corrected chi connectivity index (χ1v) is 6.65. The number of anilines is 1. The van der Waals surface area contributed by atoms with Gasteiger partial charge in [-0.05, 0) is 12.1 Å². The van der Waals surface area contributed by atoms with Crippen molar-refractivity contribution in [3.05, 3.63) is 29.8 Å². The first kappa shape index (κ1) is 16.5. The number of ether oxygens (including phenoxy) is 1. The van der Waals surface area contributed by atoms with Crippen LogP contribution in [0.2, 0.25) is 0 Å². The number of rotatable bonds is 4. The SMILES string of the molecule is O=COC1CCN(c2ccc(C(F)(F)C(F)(F)F)cc2)CC1. The third-order valence-corrected chi connectivity index (χ3v) is 3.64. The molecule has 1 aromatic carbocycles. The maximum absolute atomic E-state index is 13.2. The van der Waals surface area contributed by atoms with Crippen molar-refractivity contribution in [1.29, 1.82) is 0 Å². The van der Waals surface area contributed by atoms with Crippen LogP contribution in [-0.2, 0) is 15.5 Å². The smallest absolute Gasteiger partial charge is 0.458 e. The molecular formula is C14H14F5NO2. The normalized spacial score (nSPS) is 17.4. The minimum absolute atomic E-state index is 0.178. The van der Waals surface area contributed by atoms with Gasteiger partial charge >= 0.3 is 12.1 Å². The van der Waals surface area contributed by atoms with Crippen LogP contribution in [0.5, 0.6) is 0 Å². The van der Waals surface area contributed by atoms with Crippen molar-refractivity contribution in [3.63, 3.8) is 0 Å². The van der Waals surface area contributed by atoms with Crippen molar-refractivity contribution >= 4 is 12.2 Å². The van der Waals surface area contributed by atoms with E-state index in [9.17, 15) is 26.7 Å². The molecule has 1 heterocycles. The zero-order chi connectivity index (χ0) is 16.4. The molecular weight excluding hydrogens is 309 g/mol. The Balaban J connectivity index is 2.06. The molecule has 1 aliphatic rings. The van der Waals surface area contributed by atoms with Crippen molar-refractivity contribution in [3.8, 4) is 0 Å². The summed E-state index contributed by atoms with van der Waals surface area (Å²) in [6.45, 7) is 1.45. The number of piperidine rings is 1. The maximum Gasteiger partial charge on any atom is 0.458 e. The van der Waals surface area contributed by atoms with Crippen LogP contribution in [0.4, 0.5) is 27.6 Å². The predicted molar refractivity (Wildman–Crippen MR) is 68.8 cm³/mol. The highest BCUT2D eigenvalue weighted by molar-refractivity contribution is 5.49. The zero-order valence-electron chi connectivity index (χ0n) is 11.4. The molecule has 2 rings (SSSR count). The lowest BCUT2D eigenvalue weighted by Crippen LogP contribution is -2.37. The molecule has 1 aromatic rings. The van der Waals surface area contributed by atoms with Crippen molar-refractivity contribution < 1.29 is 31.5 Å². The van der Waals surface area contributed by atoms with E-state index in [0.29, 0.717) is 38.1 Å². The zero-order valence-corrected chi connectivity index (χ0v) is 11.4. The molecule has 0 amide bonds. The van der Waals surface area contributed by atoms with Crippen LogP contribution >= 0.6 is 0 Å². The van der Waals surface area contributed by atoms with Gasteiger partial charge in [-0.1, -0.05) is 12.1 Å². The lowest BCUT2D eigenvalue weighted by atomic mass is 10.0. The van der Waals surface area contributed by atoms with Gasteiger partial charge in [0.1, 0.15) is 6.10 Å². The number of hydrogen-bond acceptors (Lipinski definition) is 3. The van der Waals surface area contributed by atoms with Crippen LogP contribution in [0.3, 0.4) is 0 Å². The molecule has 0 unspecified atom stereocenters. The summed E-state index contributed by atoms with van der Waals surface area (Å²) in [7, 11) is 0. The predicted octanol–water partition coefficient (Wildman–Crippen LogP) is 3.48. The molecule has 0 aliphatic carbocycles. The molecule has 0 N–H and O–H groups in total. The van der Waals surface area contributed by atoms with Crippen molar-refractivity contribution in [2.45, 2.75) is 31.0 Å². The molecule has 0 bridgehead atoms. The first-order chi connectivity index (χ1) is 10.3. The fourth-order valence-corrected chi connectivity index (χ4v) is 2.37. The molecule has 1 fully saturated rings. The lowest BCUT2D eigenvalue weighted by molar-refractivity contribution is -0.289. The molecule has 122 valence electrons. The summed E-state index contributed by atoms with van der Waals surface area (Å²) >= 11 is 0. The summed E-state index contributed by atoms with van der Waals surface area (Å²) in [6, 6.07) is 4.07. The Labute approximate surface area is 123 Å². The average Bonchev–Trinajstić information content (AvgIpc) is 2.47. The van der Waals surface area contributed by atoms with E-state index >= 15 is 0 Å². The molecule has 0 radical (unpaired) electrons. The molecule has 0 atom stereocenters. The van der Waals surface area contributed by atoms with E-state index < -0.39 is 17.7 Å². The highest BCUT2D eigenvalue weighted by Crippen LogP contribution is 2.44. The van der Waals surface area contributed by atoms with Gasteiger partial charge in [0.15, 0.2) is 0 Å². The van der Waals surface area contributed by atoms with E-state index in [1.807, 2.05) is 4.90 Å². The topological polar surface area (TPSA) is 29.5 Å². The summed E-state index contributed by atoms with van der Waals surface area (Å²) in [6.07, 6.45) is -4.63. The van der Waals surface area contributed by atoms with E-state index in [1.165, 1.54) is 12.1 Å². The van der Waals surface area contributed by atoms with E-state index in [4.69, 9.17) is 4.74 Å². The largest absolute Gasteiger partial charge is 0.464 e. The van der Waals surface area contributed by atoms with Crippen molar-refractivity contribution in [1.82, 2.24) is 0 Å². The van der Waals surface area contributed by atoms with Gasteiger partial charge in [0.2, 0.25) is 0 Å². The second kappa shape index (κ2) is 6.10. The van der Waals surface area contributed by atoms with E-state index in [2.05, 4.69) is 0 Å². The lowest BCUT2D eigenvalue weighted by Gasteiger charge is -2.32. The molecule has 0 spiro atoms. The third kappa shape index (κ3) is 3.31. The van der Waals surface area contributed by atoms with Crippen molar-refractivity contribution in [2.75, 3.05) is 18.0 Å². The van der Waals surface area contributed by atoms with Crippen LogP contribution in [0.1, 0.15) is 18.4 Å². The molecule has 22 heavy (non-hydrogen) atoms. The minimum Gasteiger partial charge on any atom is -0.464 e. The summed E-state index contributed by atoms with van der Waals surface area (Å²) in [5.41, 5.74) is -0.519. The summed E-state index contributed by atoms with van der Waals surface area (Å²) in [4.78, 5) is 12.1. The monoisotopic (exact) mass is 323 g/mol. The Kier molecular flexibility index (Phi) is 4.58. The number of halogens is 5. The number of hydrogen-bond donors (Lipinski definition) is 0. The second-order valence-corrected chi connectivity index (χ2v) is 5.04. The van der Waals surface area contributed by atoms with Crippen LogP contribution in [-0.4, -0.2) is 31.8 Å². The number of nitrogens with zero attached hydrogens (tertiary/aromatic N) is 1. The van der Waals surface area contributed by atoms with Gasteiger partial charge in [-0.2, -0.15) is 22.0 Å². The van der Waals surface area contributed by atoms with Gasteiger partial charge in [0.25, 0.3) is 6.47 Å². The van der Waals surface area contributed by atoms with E-state index in [0.717, 1.165) is 12.1 Å². The summed E-state index contributed by atoms with van der Waals surface area (Å²) in [5.74, 6) is -4.86. The van der Waals surface area contributed by atoms with Crippen LogP contribution in [0.25, 0.3) is 0 Å². The summed E-state index contributed by atoms with van der Waals surface area (Å²) < 4.78 is 68.1. The van der Waals surface area contributed by atoms with Crippen LogP contribution < -0.4 is 4.90 Å². The van der Waals surface area contributed by atoms with Crippen LogP contribution in [0.15, 0.2) is 24.3 Å². The highest BCUT2D eigenvalue weighted by atomic mass is 19.4. The van der Waals surface area contributed by atoms with Crippen molar-refractivity contribution in [2.24, 2.45) is 0 Å². The molecule has 8 heteroatoms. The number of alkyl halides is 5. The molecule has 1 saturated heterocycles. The maximum atomic E-state index is 13.2. The Bertz CT molecular complexity index is 507. The van der Waals surface area contributed by atoms with Gasteiger partial charge < -0.3 is 9.64 Å². The first-order valence-electron chi connectivity index (χ1n) is 6.65. The third-order valence-electron chi connectivity index (χ3n) is 3.64. The Morgan fingerprint density at radius 3 is 2.05 bits per heavy atom. The highest BCUT2D eigenvalue weighted by Gasteiger charge is 2.58. The van der Waals surface area contributed by atoms with Gasteiger partial charge in [-0.3, -0.25) is 4.79 Å². The number of carbonyl (C=O) groups is 1. The minimum atomic E-state index is -5.61. The second-order valence-electron chi connectivity index (χ2n) is 5.04. The Morgan fingerprint density at radius 1 is 1.05 bits per heavy atom. The van der Waals surface area contributed by atoms with Gasteiger partial charge in [0, 0.05) is 37.2 Å². The Hall–Kier alpha value is -1.86. The molecule has 0 saturated carbocycles. The van der Waals surface area contributed by atoms with Gasteiger partial charge in [-0.25, -0.2) is 0 Å². The average molecular weight is 323 g/mol. The van der Waals surface area contributed by atoms with Gasteiger partial charge in [-0.15, -0.1) is 0 Å². The molecule has 3 nitrogen and oxygen atoms in total.